The lowest BCUT2D eigenvalue weighted by molar-refractivity contribution is -0.149. The molecule has 3 N–H and O–H groups in total. The minimum absolute atomic E-state index is 0.00538. The van der Waals surface area contributed by atoms with Crippen LogP contribution in [0.15, 0.2) is 30.3 Å². The van der Waals surface area contributed by atoms with E-state index in [-0.39, 0.29) is 53.7 Å². The smallest absolute Gasteiger partial charge is 0.308 e. The zero-order valence-electron chi connectivity index (χ0n) is 32.7. The van der Waals surface area contributed by atoms with E-state index in [9.17, 15) is 24.0 Å². The average molecular weight is 746 g/mol. The summed E-state index contributed by atoms with van der Waals surface area (Å²) in [5.74, 6) is -1.28. The molecule has 2 aliphatic rings. The van der Waals surface area contributed by atoms with E-state index in [1.165, 1.54) is 25.8 Å². The molecule has 0 aliphatic carbocycles. The highest BCUT2D eigenvalue weighted by molar-refractivity contribution is 8.00. The van der Waals surface area contributed by atoms with Crippen molar-refractivity contribution in [2.24, 2.45) is 17.8 Å². The van der Waals surface area contributed by atoms with Crippen molar-refractivity contribution in [3.05, 3.63) is 35.9 Å². The first kappa shape index (κ1) is 43.2. The normalized spacial score (nSPS) is 22.7. The van der Waals surface area contributed by atoms with Crippen molar-refractivity contribution in [1.82, 2.24) is 25.8 Å². The van der Waals surface area contributed by atoms with E-state index in [1.54, 1.807) is 18.9 Å². The quantitative estimate of drug-likeness (QED) is 0.190. The first-order valence-corrected chi connectivity index (χ1v) is 20.0. The van der Waals surface area contributed by atoms with Gasteiger partial charge in [-0.15, -0.1) is 11.8 Å². The van der Waals surface area contributed by atoms with Crippen molar-refractivity contribution in [1.29, 1.82) is 0 Å². The molecule has 3 rings (SSSR count). The zero-order chi connectivity index (χ0) is 38.5. The number of nitrogens with zero attached hydrogens (tertiary/aromatic N) is 2. The molecular weight excluding hydrogens is 683 g/mol. The monoisotopic (exact) mass is 745 g/mol. The summed E-state index contributed by atoms with van der Waals surface area (Å²) in [4.78, 5) is 69.8. The molecule has 12 nitrogen and oxygen atoms in total. The summed E-state index contributed by atoms with van der Waals surface area (Å²) in [5.41, 5.74) is 1.04. The van der Waals surface area contributed by atoms with Gasteiger partial charge < -0.3 is 25.0 Å². The fraction of sp³-hybridized carbons (Fsp3) is 0.718. The van der Waals surface area contributed by atoms with Gasteiger partial charge in [0.15, 0.2) is 0 Å². The van der Waals surface area contributed by atoms with E-state index < -0.39 is 35.4 Å². The zero-order valence-corrected chi connectivity index (χ0v) is 33.5. The Labute approximate surface area is 315 Å². The third kappa shape index (κ3) is 12.5. The topological polar surface area (TPSA) is 146 Å². The molecule has 0 aromatic heterocycles. The molecule has 3 amide bonds. The summed E-state index contributed by atoms with van der Waals surface area (Å²) >= 11 is 1.51. The summed E-state index contributed by atoms with van der Waals surface area (Å²) in [5, 5.41) is 9.28. The lowest BCUT2D eigenvalue weighted by Crippen LogP contribution is -2.58. The third-order valence-corrected chi connectivity index (χ3v) is 12.0. The number of esters is 2. The van der Waals surface area contributed by atoms with Gasteiger partial charge in [-0.1, -0.05) is 77.8 Å². The number of carbonyl (C=O) groups is 5. The van der Waals surface area contributed by atoms with Crippen LogP contribution in [0.25, 0.3) is 0 Å². The SMILES string of the molecule is CC[C@@H](C)[C@@H](NC(=O)[C@@H]1CCCCN1C)C(=O)N(C)[C@H](C[C@@H](OC(C)=O)C1NC(C(=O)N[C@@H](Cc2ccccc2)C[C@H](C)C(=O)OC)CS1)C(C)C. The van der Waals surface area contributed by atoms with Gasteiger partial charge in [-0.2, -0.15) is 0 Å². The summed E-state index contributed by atoms with van der Waals surface area (Å²) in [6, 6.07) is 7.68. The van der Waals surface area contributed by atoms with Gasteiger partial charge in [0.1, 0.15) is 12.1 Å². The number of benzene rings is 1. The second kappa shape index (κ2) is 20.9. The van der Waals surface area contributed by atoms with E-state index in [2.05, 4.69) is 20.9 Å². The van der Waals surface area contributed by atoms with E-state index in [1.807, 2.05) is 65.1 Å². The Morgan fingerprint density at radius 3 is 2.31 bits per heavy atom. The molecule has 0 saturated carbocycles. The fourth-order valence-electron chi connectivity index (χ4n) is 7.26. The Hall–Kier alpha value is -3.16. The Morgan fingerprint density at radius 2 is 1.71 bits per heavy atom. The second-order valence-electron chi connectivity index (χ2n) is 15.0. The van der Waals surface area contributed by atoms with Crippen molar-refractivity contribution in [3.63, 3.8) is 0 Å². The molecule has 2 saturated heterocycles. The van der Waals surface area contributed by atoms with Gasteiger partial charge >= 0.3 is 11.9 Å². The number of thioether (sulfide) groups is 1. The standard InChI is InChI=1S/C39H63N5O7S/c1-10-25(4)34(42-36(47)31-18-14-15-19-43(31)7)38(48)44(8)32(24(2)3)22-33(51-27(6)45)37-41-30(23-52-37)35(46)40-29(20-26(5)39(49)50-9)21-28-16-12-11-13-17-28/h11-13,16-17,24-26,29-34,37,41H,10,14-15,18-23H2,1-9H3,(H,40,46)(H,42,47)/t25-,26+,29-,30?,31+,32-,33-,34-,37?/m1/s1. The molecular formula is C39H63N5O7S. The van der Waals surface area contributed by atoms with Crippen LogP contribution < -0.4 is 16.0 Å². The molecule has 52 heavy (non-hydrogen) atoms. The minimum Gasteiger partial charge on any atom is -0.469 e. The van der Waals surface area contributed by atoms with Gasteiger partial charge in [-0.25, -0.2) is 0 Å². The van der Waals surface area contributed by atoms with Crippen LogP contribution in [0.2, 0.25) is 0 Å². The molecule has 0 radical (unpaired) electrons. The number of nitrogens with one attached hydrogen (secondary N) is 3. The van der Waals surface area contributed by atoms with E-state index in [0.717, 1.165) is 31.4 Å². The number of carbonyl (C=O) groups excluding carboxylic acids is 5. The predicted octanol–water partition coefficient (Wildman–Crippen LogP) is 3.76. The molecule has 2 unspecified atom stereocenters. The van der Waals surface area contributed by atoms with E-state index in [4.69, 9.17) is 9.47 Å². The van der Waals surface area contributed by atoms with Gasteiger partial charge in [0.25, 0.3) is 0 Å². The molecule has 1 aromatic rings. The molecule has 13 heteroatoms. The lowest BCUT2D eigenvalue weighted by atomic mass is 9.92. The van der Waals surface area contributed by atoms with Gasteiger partial charge in [0.05, 0.1) is 30.5 Å². The molecule has 2 aliphatic heterocycles. The molecule has 0 spiro atoms. The van der Waals surface area contributed by atoms with Crippen LogP contribution in [0, 0.1) is 17.8 Å². The highest BCUT2D eigenvalue weighted by atomic mass is 32.2. The number of amides is 3. The van der Waals surface area contributed by atoms with E-state index >= 15 is 0 Å². The van der Waals surface area contributed by atoms with Crippen LogP contribution >= 0.6 is 11.8 Å². The molecule has 2 heterocycles. The Bertz CT molecular complexity index is 1330. The van der Waals surface area contributed by atoms with Crippen LogP contribution in [0.3, 0.4) is 0 Å². The van der Waals surface area contributed by atoms with Crippen LogP contribution in [0.5, 0.6) is 0 Å². The minimum atomic E-state index is -0.691. The van der Waals surface area contributed by atoms with Gasteiger partial charge in [0.2, 0.25) is 17.7 Å². The summed E-state index contributed by atoms with van der Waals surface area (Å²) < 4.78 is 10.8. The number of likely N-dealkylation sites (N-methyl/N-ethyl adjacent to an activating group) is 2. The van der Waals surface area contributed by atoms with Crippen molar-refractivity contribution in [2.45, 2.75) is 128 Å². The maximum absolute atomic E-state index is 14.2. The lowest BCUT2D eigenvalue weighted by Gasteiger charge is -2.39. The number of hydrogen-bond acceptors (Lipinski definition) is 10. The summed E-state index contributed by atoms with van der Waals surface area (Å²) in [6.07, 6.45) is 4.21. The molecule has 1 aromatic carbocycles. The third-order valence-electron chi connectivity index (χ3n) is 10.6. The number of ether oxygens (including phenoxy) is 2. The Kier molecular flexibility index (Phi) is 17.4. The average Bonchev–Trinajstić information content (AvgIpc) is 3.62. The number of likely N-dealkylation sites (tertiary alicyclic amines) is 1. The summed E-state index contributed by atoms with van der Waals surface area (Å²) in [6.45, 7) is 12.1. The van der Waals surface area contributed by atoms with Gasteiger partial charge in [0, 0.05) is 38.2 Å². The van der Waals surface area contributed by atoms with Crippen LogP contribution in [0.1, 0.15) is 85.6 Å². The molecule has 9 atom stereocenters. The largest absolute Gasteiger partial charge is 0.469 e. The number of hydrogen-bond donors (Lipinski definition) is 3. The highest BCUT2D eigenvalue weighted by Crippen LogP contribution is 2.30. The predicted molar refractivity (Wildman–Crippen MR) is 204 cm³/mol. The van der Waals surface area contributed by atoms with E-state index in [0.29, 0.717) is 31.4 Å². The maximum Gasteiger partial charge on any atom is 0.308 e. The maximum atomic E-state index is 14.2. The molecule has 2 fully saturated rings. The molecule has 0 bridgehead atoms. The van der Waals surface area contributed by atoms with Crippen LogP contribution in [0.4, 0.5) is 0 Å². The Balaban J connectivity index is 1.74. The summed E-state index contributed by atoms with van der Waals surface area (Å²) in [7, 11) is 5.08. The van der Waals surface area contributed by atoms with Crippen LogP contribution in [-0.4, -0.2) is 115 Å². The number of methoxy groups -OCH3 is 1. The number of rotatable bonds is 18. The van der Waals surface area contributed by atoms with Crippen molar-refractivity contribution in [2.75, 3.05) is 33.5 Å². The van der Waals surface area contributed by atoms with Gasteiger partial charge in [-0.3, -0.25) is 34.2 Å². The van der Waals surface area contributed by atoms with Gasteiger partial charge in [-0.05, 0) is 56.7 Å². The van der Waals surface area contributed by atoms with Crippen LogP contribution in [-0.2, 0) is 39.9 Å². The molecule has 292 valence electrons. The Morgan fingerprint density at radius 1 is 1.02 bits per heavy atom. The first-order chi connectivity index (χ1) is 24.7. The second-order valence-corrected chi connectivity index (χ2v) is 16.2. The first-order valence-electron chi connectivity index (χ1n) is 18.9. The van der Waals surface area contributed by atoms with Crippen molar-refractivity contribution in [3.8, 4) is 0 Å². The fourth-order valence-corrected chi connectivity index (χ4v) is 8.55. The highest BCUT2D eigenvalue weighted by Gasteiger charge is 2.41. The van der Waals surface area contributed by atoms with Crippen molar-refractivity contribution < 1.29 is 33.4 Å². The number of piperidine rings is 1. The van der Waals surface area contributed by atoms with Crippen molar-refractivity contribution >= 4 is 41.4 Å².